The van der Waals surface area contributed by atoms with Crippen molar-refractivity contribution in [3.63, 3.8) is 0 Å². The molecule has 1 aliphatic rings. The van der Waals surface area contributed by atoms with Crippen molar-refractivity contribution in [3.8, 4) is 0 Å². The Morgan fingerprint density at radius 2 is 1.52 bits per heavy atom. The van der Waals surface area contributed by atoms with Crippen LogP contribution in [0.1, 0.15) is 42.6 Å². The van der Waals surface area contributed by atoms with E-state index in [4.69, 9.17) is 25.7 Å². The Bertz CT molecular complexity index is 563. The zero-order valence-corrected chi connectivity index (χ0v) is 19.3. The lowest BCUT2D eigenvalue weighted by Crippen LogP contribution is -2.39. The van der Waals surface area contributed by atoms with E-state index < -0.39 is 0 Å². The van der Waals surface area contributed by atoms with Gasteiger partial charge in [0, 0.05) is 31.2 Å². The summed E-state index contributed by atoms with van der Waals surface area (Å²) in [7, 11) is 0. The van der Waals surface area contributed by atoms with E-state index in [2.05, 4.69) is 10.2 Å². The first-order valence-electron chi connectivity index (χ1n) is 11.5. The molecule has 0 atom stereocenters. The van der Waals surface area contributed by atoms with Gasteiger partial charge < -0.3 is 31.0 Å². The monoisotopic (exact) mass is 438 g/mol. The number of rotatable bonds is 14. The molecule has 0 aliphatic carbocycles. The van der Waals surface area contributed by atoms with Crippen molar-refractivity contribution in [2.45, 2.75) is 39.3 Å². The molecule has 1 aromatic rings. The molecule has 1 aromatic carbocycles. The Hall–Kier alpha value is -1.55. The molecule has 1 heterocycles. The number of hydrogen-bond donors (Lipinski definition) is 3. The number of nitrogens with zero attached hydrogens (tertiary/aromatic N) is 1. The highest BCUT2D eigenvalue weighted by atomic mass is 16.5. The second-order valence-corrected chi connectivity index (χ2v) is 7.19. The van der Waals surface area contributed by atoms with Crippen molar-refractivity contribution in [3.05, 3.63) is 35.4 Å². The van der Waals surface area contributed by atoms with Gasteiger partial charge in [0.25, 0.3) is 5.91 Å². The number of nitrogens with two attached hydrogens (primary N) is 2. The van der Waals surface area contributed by atoms with Gasteiger partial charge in [-0.05, 0) is 43.6 Å². The van der Waals surface area contributed by atoms with Gasteiger partial charge in [-0.2, -0.15) is 0 Å². The van der Waals surface area contributed by atoms with Gasteiger partial charge in [-0.3, -0.25) is 9.69 Å². The van der Waals surface area contributed by atoms with E-state index in [1.165, 1.54) is 5.56 Å². The maximum absolute atomic E-state index is 12.2. The lowest BCUT2D eigenvalue weighted by molar-refractivity contribution is 0.0166. The van der Waals surface area contributed by atoms with Crippen molar-refractivity contribution in [1.29, 1.82) is 0 Å². The Balaban J connectivity index is 0.00000233. The highest BCUT2D eigenvalue weighted by Gasteiger charge is 2.16. The van der Waals surface area contributed by atoms with Crippen LogP contribution in [0.4, 0.5) is 0 Å². The van der Waals surface area contributed by atoms with Crippen molar-refractivity contribution in [2.75, 3.05) is 65.8 Å². The summed E-state index contributed by atoms with van der Waals surface area (Å²) in [6.07, 6.45) is 2.11. The lowest BCUT2D eigenvalue weighted by atomic mass is 10.0. The molecule has 0 saturated carbocycles. The molecule has 1 amide bonds. The van der Waals surface area contributed by atoms with Gasteiger partial charge in [-0.15, -0.1) is 0 Å². The van der Waals surface area contributed by atoms with E-state index in [-0.39, 0.29) is 5.91 Å². The second kappa shape index (κ2) is 18.1. The zero-order chi connectivity index (χ0) is 22.7. The largest absolute Gasteiger partial charge is 0.378 e. The minimum absolute atomic E-state index is 0.0857. The lowest BCUT2D eigenvalue weighted by Gasteiger charge is -2.30. The smallest absolute Gasteiger partial charge is 0.251 e. The standard InChI is InChI=1S/C21H36N4O4.C2H6/c22-7-11-27-13-15-29-16-14-28-12-8-24-21(26)19-3-1-18(2-4-19)17-25-9-5-20(23)6-10-25;1-2/h1-4,20H,5-17,22-23H2,(H,24,26);1-2H3. The number of carbonyl (C=O) groups is 1. The summed E-state index contributed by atoms with van der Waals surface area (Å²) < 4.78 is 16.0. The van der Waals surface area contributed by atoms with Crippen molar-refractivity contribution in [1.82, 2.24) is 10.2 Å². The third kappa shape index (κ3) is 12.8. The number of nitrogens with one attached hydrogen (secondary N) is 1. The molecule has 2 rings (SSSR count). The fourth-order valence-electron chi connectivity index (χ4n) is 3.09. The Morgan fingerprint density at radius 3 is 2.10 bits per heavy atom. The third-order valence-electron chi connectivity index (χ3n) is 4.79. The van der Waals surface area contributed by atoms with E-state index in [9.17, 15) is 4.79 Å². The minimum atomic E-state index is -0.0857. The number of hydrogen-bond acceptors (Lipinski definition) is 7. The molecule has 0 bridgehead atoms. The van der Waals surface area contributed by atoms with Gasteiger partial charge >= 0.3 is 0 Å². The molecule has 0 radical (unpaired) electrons. The van der Waals surface area contributed by atoms with Crippen LogP contribution in [0.5, 0.6) is 0 Å². The average Bonchev–Trinajstić information content (AvgIpc) is 2.80. The van der Waals surface area contributed by atoms with Gasteiger partial charge in [-0.25, -0.2) is 0 Å². The number of ether oxygens (including phenoxy) is 3. The van der Waals surface area contributed by atoms with E-state index in [1.807, 2.05) is 38.1 Å². The van der Waals surface area contributed by atoms with Gasteiger partial charge in [0.1, 0.15) is 0 Å². The minimum Gasteiger partial charge on any atom is -0.378 e. The Morgan fingerprint density at radius 1 is 0.968 bits per heavy atom. The molecule has 1 saturated heterocycles. The van der Waals surface area contributed by atoms with E-state index in [0.717, 1.165) is 32.5 Å². The summed E-state index contributed by atoms with van der Waals surface area (Å²) >= 11 is 0. The summed E-state index contributed by atoms with van der Waals surface area (Å²) in [4.78, 5) is 14.6. The molecule has 8 heteroatoms. The first kappa shape index (κ1) is 27.5. The molecule has 8 nitrogen and oxygen atoms in total. The van der Waals surface area contributed by atoms with Crippen molar-refractivity contribution in [2.24, 2.45) is 11.5 Å². The Labute approximate surface area is 187 Å². The molecule has 0 spiro atoms. The van der Waals surface area contributed by atoms with Crippen molar-refractivity contribution < 1.29 is 19.0 Å². The van der Waals surface area contributed by atoms with E-state index in [0.29, 0.717) is 64.3 Å². The maximum Gasteiger partial charge on any atom is 0.251 e. The van der Waals surface area contributed by atoms with Gasteiger partial charge in [0.15, 0.2) is 0 Å². The van der Waals surface area contributed by atoms with Crippen LogP contribution in [-0.4, -0.2) is 82.7 Å². The first-order valence-corrected chi connectivity index (χ1v) is 11.5. The zero-order valence-electron chi connectivity index (χ0n) is 19.3. The fraction of sp³-hybridized carbons (Fsp3) is 0.696. The van der Waals surface area contributed by atoms with Crippen LogP contribution in [0.25, 0.3) is 0 Å². The van der Waals surface area contributed by atoms with Crippen LogP contribution in [-0.2, 0) is 20.8 Å². The normalized spacial score (nSPS) is 14.7. The summed E-state index contributed by atoms with van der Waals surface area (Å²) in [6, 6.07) is 8.14. The van der Waals surface area contributed by atoms with Crippen LogP contribution >= 0.6 is 0 Å². The highest BCUT2D eigenvalue weighted by molar-refractivity contribution is 5.94. The number of piperidine rings is 1. The molecular formula is C23H42N4O4. The second-order valence-electron chi connectivity index (χ2n) is 7.19. The topological polar surface area (TPSA) is 112 Å². The third-order valence-corrected chi connectivity index (χ3v) is 4.79. The number of likely N-dealkylation sites (tertiary alicyclic amines) is 1. The fourth-order valence-corrected chi connectivity index (χ4v) is 3.09. The van der Waals surface area contributed by atoms with Gasteiger partial charge in [0.2, 0.25) is 0 Å². The summed E-state index contributed by atoms with van der Waals surface area (Å²) in [6.45, 7) is 11.0. The SMILES string of the molecule is CC.NCCOCCOCCOCCNC(=O)c1ccc(CN2CCC(N)CC2)cc1. The predicted molar refractivity (Wildman–Crippen MR) is 124 cm³/mol. The first-order chi connectivity index (χ1) is 15.2. The molecule has 0 aromatic heterocycles. The molecule has 0 unspecified atom stereocenters. The van der Waals surface area contributed by atoms with Crippen LogP contribution in [0, 0.1) is 0 Å². The van der Waals surface area contributed by atoms with E-state index >= 15 is 0 Å². The molecular weight excluding hydrogens is 396 g/mol. The number of amides is 1. The molecule has 1 aliphatic heterocycles. The molecule has 1 fully saturated rings. The van der Waals surface area contributed by atoms with Crippen LogP contribution in [0.15, 0.2) is 24.3 Å². The average molecular weight is 439 g/mol. The number of carbonyl (C=O) groups excluding carboxylic acids is 1. The molecule has 5 N–H and O–H groups in total. The quantitative estimate of drug-likeness (QED) is 0.376. The predicted octanol–water partition coefficient (Wildman–Crippen LogP) is 1.37. The van der Waals surface area contributed by atoms with Crippen molar-refractivity contribution >= 4 is 5.91 Å². The highest BCUT2D eigenvalue weighted by Crippen LogP contribution is 2.13. The maximum atomic E-state index is 12.2. The summed E-state index contributed by atoms with van der Waals surface area (Å²) in [5.41, 5.74) is 13.1. The number of benzene rings is 1. The van der Waals surface area contributed by atoms with Crippen LogP contribution < -0.4 is 16.8 Å². The van der Waals surface area contributed by atoms with Gasteiger partial charge in [-0.1, -0.05) is 26.0 Å². The molecule has 31 heavy (non-hydrogen) atoms. The van der Waals surface area contributed by atoms with Crippen LogP contribution in [0.3, 0.4) is 0 Å². The van der Waals surface area contributed by atoms with E-state index in [1.54, 1.807) is 0 Å². The Kier molecular flexibility index (Phi) is 16.0. The van der Waals surface area contributed by atoms with Crippen LogP contribution in [0.2, 0.25) is 0 Å². The summed E-state index contributed by atoms with van der Waals surface area (Å²) in [5, 5.41) is 2.87. The summed E-state index contributed by atoms with van der Waals surface area (Å²) in [5.74, 6) is -0.0857. The van der Waals surface area contributed by atoms with Gasteiger partial charge in [0.05, 0.1) is 39.6 Å². The molecule has 178 valence electrons.